The second kappa shape index (κ2) is 5.66. The first-order valence-electron chi connectivity index (χ1n) is 6.32. The van der Waals surface area contributed by atoms with Gasteiger partial charge in [0.05, 0.1) is 5.56 Å². The highest BCUT2D eigenvalue weighted by Crippen LogP contribution is 2.28. The number of nitrogens with zero attached hydrogens (tertiary/aromatic N) is 1. The average Bonchev–Trinajstić information content (AvgIpc) is 2.32. The Balaban J connectivity index is 2.32. The molecule has 2 rings (SSSR count). The molecule has 0 bridgehead atoms. The molecule has 1 fully saturated rings. The molecule has 1 saturated heterocycles. The number of piperidine rings is 1. The van der Waals surface area contributed by atoms with Crippen LogP contribution in [0.1, 0.15) is 43.5 Å². The van der Waals surface area contributed by atoms with E-state index in [1.165, 1.54) is 6.42 Å². The fraction of sp³-hybridized carbons (Fsp3) is 0.500. The molecule has 1 heterocycles. The lowest BCUT2D eigenvalue weighted by molar-refractivity contribution is 0.0509. The number of carbonyl (C=O) groups is 1. The Hall–Kier alpha value is -0.480. The number of benzene rings is 1. The van der Waals surface area contributed by atoms with Gasteiger partial charge >= 0.3 is 0 Å². The molecule has 1 aromatic rings. The molecule has 4 heteroatoms. The Bertz CT molecular complexity index is 453. The zero-order valence-electron chi connectivity index (χ0n) is 10.7. The zero-order valence-corrected chi connectivity index (χ0v) is 13.2. The molecule has 2 atom stereocenters. The summed E-state index contributed by atoms with van der Waals surface area (Å²) in [7, 11) is 0. The number of thiol groups is 1. The van der Waals surface area contributed by atoms with E-state index in [4.69, 9.17) is 0 Å². The van der Waals surface area contributed by atoms with Crippen LogP contribution in [0.15, 0.2) is 27.6 Å². The van der Waals surface area contributed by atoms with Gasteiger partial charge in [0.25, 0.3) is 5.91 Å². The minimum absolute atomic E-state index is 0.109. The minimum Gasteiger partial charge on any atom is -0.333 e. The molecule has 0 spiro atoms. The van der Waals surface area contributed by atoms with Crippen LogP contribution >= 0.6 is 28.6 Å². The lowest BCUT2D eigenvalue weighted by Gasteiger charge is -2.39. The average molecular weight is 328 g/mol. The Labute approximate surface area is 122 Å². The Morgan fingerprint density at radius 3 is 2.56 bits per heavy atom. The van der Waals surface area contributed by atoms with Crippen molar-refractivity contribution < 1.29 is 4.79 Å². The fourth-order valence-corrected chi connectivity index (χ4v) is 3.26. The van der Waals surface area contributed by atoms with E-state index >= 15 is 0 Å². The third-order valence-corrected chi connectivity index (χ3v) is 4.58. The van der Waals surface area contributed by atoms with Crippen molar-refractivity contribution in [3.05, 3.63) is 28.2 Å². The number of hydrogen-bond acceptors (Lipinski definition) is 2. The molecule has 0 radical (unpaired) electrons. The van der Waals surface area contributed by atoms with Crippen LogP contribution in [0.4, 0.5) is 0 Å². The molecule has 0 saturated carbocycles. The van der Waals surface area contributed by atoms with Crippen LogP contribution in [0.3, 0.4) is 0 Å². The van der Waals surface area contributed by atoms with Gasteiger partial charge in [0.2, 0.25) is 0 Å². The van der Waals surface area contributed by atoms with Gasteiger partial charge in [-0.2, -0.15) is 0 Å². The van der Waals surface area contributed by atoms with Crippen molar-refractivity contribution in [1.29, 1.82) is 0 Å². The SMILES string of the molecule is CC1CCCC(C)N1C(=O)c1cc(S)ccc1Br. The van der Waals surface area contributed by atoms with Gasteiger partial charge in [0.1, 0.15) is 0 Å². The summed E-state index contributed by atoms with van der Waals surface area (Å²) in [5.41, 5.74) is 0.711. The monoisotopic (exact) mass is 327 g/mol. The molecule has 1 amide bonds. The van der Waals surface area contributed by atoms with Gasteiger partial charge in [-0.05, 0) is 67.2 Å². The summed E-state index contributed by atoms with van der Waals surface area (Å²) < 4.78 is 0.843. The normalized spacial score (nSPS) is 24.1. The Morgan fingerprint density at radius 2 is 1.94 bits per heavy atom. The standard InChI is InChI=1S/C14H18BrNOS/c1-9-4-3-5-10(2)16(9)14(17)12-8-11(18)6-7-13(12)15/h6-10,18H,3-5H2,1-2H3. The fourth-order valence-electron chi connectivity index (χ4n) is 2.64. The highest BCUT2D eigenvalue weighted by Gasteiger charge is 2.30. The quantitative estimate of drug-likeness (QED) is 0.768. The molecule has 0 N–H and O–H groups in total. The van der Waals surface area contributed by atoms with Gasteiger partial charge in [-0.3, -0.25) is 4.79 Å². The molecular formula is C14H18BrNOS. The molecular weight excluding hydrogens is 310 g/mol. The van der Waals surface area contributed by atoms with Crippen LogP contribution in [-0.2, 0) is 0 Å². The summed E-state index contributed by atoms with van der Waals surface area (Å²) in [6.07, 6.45) is 3.39. The third kappa shape index (κ3) is 2.75. The van der Waals surface area contributed by atoms with Gasteiger partial charge in [0, 0.05) is 21.5 Å². The molecule has 1 aliphatic heterocycles. The molecule has 1 aliphatic rings. The first-order chi connectivity index (χ1) is 8.50. The molecule has 0 aromatic heterocycles. The summed E-state index contributed by atoms with van der Waals surface area (Å²) in [4.78, 5) is 15.5. The van der Waals surface area contributed by atoms with Gasteiger partial charge in [-0.1, -0.05) is 0 Å². The first kappa shape index (κ1) is 13.9. The topological polar surface area (TPSA) is 20.3 Å². The first-order valence-corrected chi connectivity index (χ1v) is 7.56. The van der Waals surface area contributed by atoms with Crippen LogP contribution < -0.4 is 0 Å². The number of halogens is 1. The molecule has 18 heavy (non-hydrogen) atoms. The van der Waals surface area contributed by atoms with Crippen LogP contribution in [0, 0.1) is 0 Å². The predicted octanol–water partition coefficient (Wildman–Crippen LogP) is 4.14. The Morgan fingerprint density at radius 1 is 1.33 bits per heavy atom. The van der Waals surface area contributed by atoms with Crippen molar-refractivity contribution in [2.24, 2.45) is 0 Å². The maximum absolute atomic E-state index is 12.7. The van der Waals surface area contributed by atoms with Crippen molar-refractivity contribution >= 4 is 34.5 Å². The zero-order chi connectivity index (χ0) is 13.3. The molecule has 0 aliphatic carbocycles. The van der Waals surface area contributed by atoms with Gasteiger partial charge in [0.15, 0.2) is 0 Å². The second-order valence-electron chi connectivity index (χ2n) is 5.01. The summed E-state index contributed by atoms with van der Waals surface area (Å²) in [6, 6.07) is 6.24. The third-order valence-electron chi connectivity index (χ3n) is 3.61. The van der Waals surface area contributed by atoms with Crippen LogP contribution in [0.2, 0.25) is 0 Å². The van der Waals surface area contributed by atoms with E-state index in [-0.39, 0.29) is 5.91 Å². The summed E-state index contributed by atoms with van der Waals surface area (Å²) in [5, 5.41) is 0. The van der Waals surface area contributed by atoms with Crippen LogP contribution in [0.25, 0.3) is 0 Å². The van der Waals surface area contributed by atoms with E-state index < -0.39 is 0 Å². The number of carbonyl (C=O) groups excluding carboxylic acids is 1. The van der Waals surface area contributed by atoms with E-state index in [9.17, 15) is 4.79 Å². The maximum Gasteiger partial charge on any atom is 0.255 e. The summed E-state index contributed by atoms with van der Waals surface area (Å²) in [5.74, 6) is 0.109. The van der Waals surface area contributed by atoms with Crippen molar-refractivity contribution in [2.45, 2.75) is 50.1 Å². The molecule has 2 nitrogen and oxygen atoms in total. The van der Waals surface area contributed by atoms with Gasteiger partial charge < -0.3 is 4.90 Å². The molecule has 2 unspecified atom stereocenters. The highest BCUT2D eigenvalue weighted by atomic mass is 79.9. The van der Waals surface area contributed by atoms with Crippen LogP contribution in [-0.4, -0.2) is 22.9 Å². The van der Waals surface area contributed by atoms with E-state index in [1.807, 2.05) is 23.1 Å². The lowest BCUT2D eigenvalue weighted by Crippen LogP contribution is -2.47. The lowest BCUT2D eigenvalue weighted by atomic mass is 9.96. The minimum atomic E-state index is 0.109. The van der Waals surface area contributed by atoms with Crippen molar-refractivity contribution in [3.63, 3.8) is 0 Å². The van der Waals surface area contributed by atoms with Gasteiger partial charge in [-0.25, -0.2) is 0 Å². The largest absolute Gasteiger partial charge is 0.333 e. The highest BCUT2D eigenvalue weighted by molar-refractivity contribution is 9.10. The number of likely N-dealkylation sites (tertiary alicyclic amines) is 1. The predicted molar refractivity (Wildman–Crippen MR) is 80.3 cm³/mol. The van der Waals surface area contributed by atoms with Crippen molar-refractivity contribution in [3.8, 4) is 0 Å². The second-order valence-corrected chi connectivity index (χ2v) is 6.38. The van der Waals surface area contributed by atoms with E-state index in [0.717, 1.165) is 22.2 Å². The van der Waals surface area contributed by atoms with Crippen molar-refractivity contribution in [1.82, 2.24) is 4.90 Å². The van der Waals surface area contributed by atoms with E-state index in [2.05, 4.69) is 42.4 Å². The van der Waals surface area contributed by atoms with Crippen molar-refractivity contribution in [2.75, 3.05) is 0 Å². The number of rotatable bonds is 1. The molecule has 98 valence electrons. The van der Waals surface area contributed by atoms with Crippen LogP contribution in [0.5, 0.6) is 0 Å². The van der Waals surface area contributed by atoms with E-state index in [0.29, 0.717) is 17.6 Å². The van der Waals surface area contributed by atoms with Gasteiger partial charge in [-0.15, -0.1) is 12.6 Å². The Kier molecular flexibility index (Phi) is 4.38. The number of amides is 1. The number of hydrogen-bond donors (Lipinski definition) is 1. The van der Waals surface area contributed by atoms with E-state index in [1.54, 1.807) is 0 Å². The maximum atomic E-state index is 12.7. The molecule has 1 aromatic carbocycles. The smallest absolute Gasteiger partial charge is 0.255 e. The summed E-state index contributed by atoms with van der Waals surface area (Å²) >= 11 is 7.77. The summed E-state index contributed by atoms with van der Waals surface area (Å²) in [6.45, 7) is 4.26.